The van der Waals surface area contributed by atoms with Gasteiger partial charge in [0.25, 0.3) is 0 Å². The van der Waals surface area contributed by atoms with E-state index in [9.17, 15) is 0 Å². The Morgan fingerprint density at radius 3 is 2.61 bits per heavy atom. The van der Waals surface area contributed by atoms with Gasteiger partial charge in [0.15, 0.2) is 5.11 Å². The highest BCUT2D eigenvalue weighted by Crippen LogP contribution is 2.30. The zero-order valence-corrected chi connectivity index (χ0v) is 14.4. The lowest BCUT2D eigenvalue weighted by molar-refractivity contribution is 1.06. The normalized spacial score (nSPS) is 10.5. The van der Waals surface area contributed by atoms with E-state index in [1.807, 2.05) is 41.3 Å². The first-order chi connectivity index (χ1) is 11.1. The van der Waals surface area contributed by atoms with E-state index in [4.69, 9.17) is 22.9 Å². The molecule has 0 aliphatic heterocycles. The molecule has 0 saturated carbocycles. The maximum atomic E-state index is 5.94. The Balaban J connectivity index is 1.92. The highest BCUT2D eigenvalue weighted by atomic mass is 32.1. The minimum absolute atomic E-state index is 0.302. The summed E-state index contributed by atoms with van der Waals surface area (Å²) in [5.41, 5.74) is 9.34. The molecule has 0 fully saturated rings. The third-order valence-electron chi connectivity index (χ3n) is 3.41. The lowest BCUT2D eigenvalue weighted by Gasteiger charge is -2.20. The Morgan fingerprint density at radius 2 is 1.96 bits per heavy atom. The third-order valence-corrected chi connectivity index (χ3v) is 4.62. The first-order valence-electron chi connectivity index (χ1n) is 7.28. The molecule has 0 saturated heterocycles. The molecule has 0 aliphatic rings. The third kappa shape index (κ3) is 3.75. The van der Waals surface area contributed by atoms with E-state index in [2.05, 4.69) is 30.5 Å². The van der Waals surface area contributed by atoms with Crippen LogP contribution in [-0.2, 0) is 6.42 Å². The molecule has 2 aromatic heterocycles. The van der Waals surface area contributed by atoms with Crippen molar-refractivity contribution in [3.05, 3.63) is 76.8 Å². The quantitative estimate of drug-likeness (QED) is 0.714. The number of benzene rings is 1. The van der Waals surface area contributed by atoms with Crippen LogP contribution >= 0.6 is 23.6 Å². The lowest BCUT2D eigenvalue weighted by Crippen LogP contribution is -2.31. The van der Waals surface area contributed by atoms with Crippen molar-refractivity contribution < 1.29 is 0 Å². The minimum atomic E-state index is 0.302. The molecule has 2 heterocycles. The predicted molar refractivity (Wildman–Crippen MR) is 101 cm³/mol. The zero-order chi connectivity index (χ0) is 16.2. The average molecular weight is 339 g/mol. The summed E-state index contributed by atoms with van der Waals surface area (Å²) in [5, 5.41) is 3.37. The van der Waals surface area contributed by atoms with Gasteiger partial charge in [0.1, 0.15) is 10.8 Å². The Bertz CT molecular complexity index is 812. The number of pyridine rings is 1. The van der Waals surface area contributed by atoms with Crippen LogP contribution in [0.1, 0.15) is 16.8 Å². The molecule has 0 atom stereocenters. The molecule has 0 bridgehead atoms. The maximum Gasteiger partial charge on any atom is 0.177 e. The van der Waals surface area contributed by atoms with Crippen LogP contribution in [0.2, 0.25) is 0 Å². The van der Waals surface area contributed by atoms with Crippen molar-refractivity contribution in [1.29, 1.82) is 0 Å². The van der Waals surface area contributed by atoms with Crippen LogP contribution in [0.15, 0.2) is 60.0 Å². The van der Waals surface area contributed by atoms with E-state index in [0.717, 1.165) is 22.9 Å². The van der Waals surface area contributed by atoms with Crippen LogP contribution in [0.3, 0.4) is 0 Å². The number of hydrogen-bond donors (Lipinski definition) is 1. The van der Waals surface area contributed by atoms with Gasteiger partial charge in [0.2, 0.25) is 0 Å². The summed E-state index contributed by atoms with van der Waals surface area (Å²) in [6, 6.07) is 18.3. The number of hydrogen-bond acceptors (Lipinski definition) is 3. The van der Waals surface area contributed by atoms with Crippen molar-refractivity contribution in [2.45, 2.75) is 13.3 Å². The molecule has 0 amide bonds. The van der Waals surface area contributed by atoms with Crippen LogP contribution in [-0.4, -0.2) is 10.1 Å². The van der Waals surface area contributed by atoms with Gasteiger partial charge >= 0.3 is 0 Å². The number of nitrogens with two attached hydrogens (primary N) is 1. The Hall–Kier alpha value is -2.24. The summed E-state index contributed by atoms with van der Waals surface area (Å²) in [6.07, 6.45) is 0.781. The molecule has 5 heteroatoms. The summed E-state index contributed by atoms with van der Waals surface area (Å²) >= 11 is 6.84. The summed E-state index contributed by atoms with van der Waals surface area (Å²) in [5.74, 6) is 0.757. The number of anilines is 2. The number of nitrogens with zero attached hydrogens (tertiary/aromatic N) is 2. The van der Waals surface area contributed by atoms with Crippen molar-refractivity contribution in [2.75, 3.05) is 4.90 Å². The van der Waals surface area contributed by atoms with Gasteiger partial charge in [0.05, 0.1) is 0 Å². The molecule has 3 nitrogen and oxygen atoms in total. The summed E-state index contributed by atoms with van der Waals surface area (Å²) in [6.45, 7) is 2.05. The van der Waals surface area contributed by atoms with Gasteiger partial charge < -0.3 is 5.73 Å². The van der Waals surface area contributed by atoms with Gasteiger partial charge in [-0.25, -0.2) is 4.98 Å². The smallest absolute Gasteiger partial charge is 0.177 e. The average Bonchev–Trinajstić information content (AvgIpc) is 2.94. The van der Waals surface area contributed by atoms with E-state index in [1.165, 1.54) is 11.1 Å². The maximum absolute atomic E-state index is 5.94. The van der Waals surface area contributed by atoms with Crippen LogP contribution < -0.4 is 10.6 Å². The molecule has 23 heavy (non-hydrogen) atoms. The number of thiophene rings is 1. The van der Waals surface area contributed by atoms with Crippen molar-refractivity contribution in [3.63, 3.8) is 0 Å². The van der Waals surface area contributed by atoms with E-state index >= 15 is 0 Å². The molecule has 0 spiro atoms. The first kappa shape index (κ1) is 15.6. The van der Waals surface area contributed by atoms with Gasteiger partial charge in [-0.2, -0.15) is 0 Å². The molecule has 1 aromatic carbocycles. The summed E-state index contributed by atoms with van der Waals surface area (Å²) in [7, 11) is 0. The zero-order valence-electron chi connectivity index (χ0n) is 12.8. The van der Waals surface area contributed by atoms with Gasteiger partial charge in [-0.15, -0.1) is 11.3 Å². The van der Waals surface area contributed by atoms with Crippen molar-refractivity contribution in [3.8, 4) is 0 Å². The number of thiocarbonyl (C=S) groups is 1. The molecular weight excluding hydrogens is 322 g/mol. The monoisotopic (exact) mass is 339 g/mol. The first-order valence-corrected chi connectivity index (χ1v) is 8.57. The topological polar surface area (TPSA) is 42.1 Å². The Kier molecular flexibility index (Phi) is 4.69. The van der Waals surface area contributed by atoms with E-state index < -0.39 is 0 Å². The lowest BCUT2D eigenvalue weighted by atomic mass is 10.1. The number of aryl methyl sites for hydroxylation is 1. The van der Waals surface area contributed by atoms with Crippen LogP contribution in [0.5, 0.6) is 0 Å². The second kappa shape index (κ2) is 6.89. The Morgan fingerprint density at radius 1 is 1.17 bits per heavy atom. The highest BCUT2D eigenvalue weighted by Gasteiger charge is 2.15. The number of rotatable bonds is 4. The van der Waals surface area contributed by atoms with Crippen LogP contribution in [0.25, 0.3) is 0 Å². The van der Waals surface area contributed by atoms with Gasteiger partial charge in [-0.05, 0) is 53.8 Å². The van der Waals surface area contributed by atoms with Crippen LogP contribution in [0.4, 0.5) is 10.8 Å². The fourth-order valence-corrected chi connectivity index (χ4v) is 3.54. The predicted octanol–water partition coefficient (Wildman–Crippen LogP) is 4.42. The van der Waals surface area contributed by atoms with Crippen molar-refractivity contribution >= 4 is 39.5 Å². The fraction of sp³-hybridized carbons (Fsp3) is 0.111. The molecular formula is C18H17N3S2. The van der Waals surface area contributed by atoms with E-state index in [-0.39, 0.29) is 0 Å². The standard InChI is InChI=1S/C18H17N3S2/c1-13-10-17(23-12-13)21(18(19)22)16-9-5-8-15(20-16)11-14-6-3-2-4-7-14/h2-10,12H,11H2,1H3,(H2,19,22). The number of aromatic nitrogens is 1. The van der Waals surface area contributed by atoms with Gasteiger partial charge in [-0.1, -0.05) is 36.4 Å². The molecule has 0 radical (unpaired) electrons. The van der Waals surface area contributed by atoms with E-state index in [1.54, 1.807) is 11.3 Å². The molecule has 2 N–H and O–H groups in total. The molecule has 116 valence electrons. The van der Waals surface area contributed by atoms with Gasteiger partial charge in [0, 0.05) is 12.1 Å². The SMILES string of the molecule is Cc1csc(N(C(N)=S)c2cccc(Cc3ccccc3)n2)c1. The molecule has 3 rings (SSSR count). The fourth-order valence-electron chi connectivity index (χ4n) is 2.36. The second-order valence-electron chi connectivity index (χ2n) is 5.29. The van der Waals surface area contributed by atoms with Crippen molar-refractivity contribution in [2.24, 2.45) is 5.73 Å². The molecule has 0 aliphatic carbocycles. The highest BCUT2D eigenvalue weighted by molar-refractivity contribution is 7.80. The second-order valence-corrected chi connectivity index (χ2v) is 6.59. The summed E-state index contributed by atoms with van der Waals surface area (Å²) in [4.78, 5) is 6.56. The molecule has 0 unspecified atom stereocenters. The minimum Gasteiger partial charge on any atom is -0.376 e. The van der Waals surface area contributed by atoms with Crippen molar-refractivity contribution in [1.82, 2.24) is 4.98 Å². The van der Waals surface area contributed by atoms with E-state index in [0.29, 0.717) is 5.11 Å². The largest absolute Gasteiger partial charge is 0.376 e. The summed E-state index contributed by atoms with van der Waals surface area (Å²) < 4.78 is 0. The van der Waals surface area contributed by atoms with Crippen LogP contribution in [0, 0.1) is 6.92 Å². The Labute approximate surface area is 145 Å². The van der Waals surface area contributed by atoms with Gasteiger partial charge in [-0.3, -0.25) is 4.90 Å². The molecule has 3 aromatic rings.